The van der Waals surface area contributed by atoms with Crippen LogP contribution in [0, 0.1) is 17.7 Å². The Morgan fingerprint density at radius 2 is 1.94 bits per heavy atom. The van der Waals surface area contributed by atoms with Crippen molar-refractivity contribution < 1.29 is 4.39 Å². The Morgan fingerprint density at radius 3 is 2.53 bits per heavy atom. The summed E-state index contributed by atoms with van der Waals surface area (Å²) >= 11 is 3.41. The van der Waals surface area contributed by atoms with Gasteiger partial charge in [0.25, 0.3) is 0 Å². The summed E-state index contributed by atoms with van der Waals surface area (Å²) in [5.74, 6) is 1.15. The van der Waals surface area contributed by atoms with Crippen molar-refractivity contribution in [3.05, 3.63) is 34.1 Å². The highest BCUT2D eigenvalue weighted by molar-refractivity contribution is 9.10. The SMILES string of the molecule is CC1CCC(C(N)c2ccc(F)cc2Br)CC1. The van der Waals surface area contributed by atoms with Crippen LogP contribution in [0.5, 0.6) is 0 Å². The topological polar surface area (TPSA) is 26.0 Å². The molecular formula is C14H19BrFN. The first kappa shape index (κ1) is 13.0. The predicted octanol–water partition coefficient (Wildman–Crippen LogP) is 4.41. The van der Waals surface area contributed by atoms with Crippen molar-refractivity contribution in [1.29, 1.82) is 0 Å². The van der Waals surface area contributed by atoms with E-state index in [1.54, 1.807) is 0 Å². The summed E-state index contributed by atoms with van der Waals surface area (Å²) < 4.78 is 13.8. The second kappa shape index (κ2) is 5.49. The molecule has 0 saturated heterocycles. The van der Waals surface area contributed by atoms with Crippen molar-refractivity contribution in [2.45, 2.75) is 38.6 Å². The van der Waals surface area contributed by atoms with Crippen LogP contribution in [0.1, 0.15) is 44.2 Å². The maximum atomic E-state index is 13.0. The molecule has 2 N–H and O–H groups in total. The lowest BCUT2D eigenvalue weighted by Crippen LogP contribution is -2.25. The van der Waals surface area contributed by atoms with Crippen LogP contribution < -0.4 is 5.73 Å². The van der Waals surface area contributed by atoms with E-state index in [-0.39, 0.29) is 11.9 Å². The normalized spacial score (nSPS) is 26.8. The lowest BCUT2D eigenvalue weighted by Gasteiger charge is -2.31. The molecule has 1 unspecified atom stereocenters. The van der Waals surface area contributed by atoms with Gasteiger partial charge in [-0.3, -0.25) is 0 Å². The lowest BCUT2D eigenvalue weighted by atomic mass is 9.78. The predicted molar refractivity (Wildman–Crippen MR) is 72.2 cm³/mol. The van der Waals surface area contributed by atoms with Gasteiger partial charge in [-0.2, -0.15) is 0 Å². The quantitative estimate of drug-likeness (QED) is 0.860. The van der Waals surface area contributed by atoms with Crippen molar-refractivity contribution >= 4 is 15.9 Å². The molecule has 2 rings (SSSR count). The Morgan fingerprint density at radius 1 is 1.29 bits per heavy atom. The maximum Gasteiger partial charge on any atom is 0.124 e. The molecule has 1 aromatic rings. The van der Waals surface area contributed by atoms with E-state index >= 15 is 0 Å². The van der Waals surface area contributed by atoms with Crippen LogP contribution in [0.25, 0.3) is 0 Å². The Bertz CT molecular complexity index is 386. The van der Waals surface area contributed by atoms with Gasteiger partial charge in [-0.1, -0.05) is 41.8 Å². The van der Waals surface area contributed by atoms with E-state index in [1.807, 2.05) is 6.07 Å². The molecule has 0 bridgehead atoms. The summed E-state index contributed by atoms with van der Waals surface area (Å²) in [6, 6.07) is 4.83. The molecule has 1 aliphatic carbocycles. The van der Waals surface area contributed by atoms with Gasteiger partial charge in [-0.25, -0.2) is 4.39 Å². The third kappa shape index (κ3) is 3.08. The fourth-order valence-electron chi connectivity index (χ4n) is 2.67. The highest BCUT2D eigenvalue weighted by atomic mass is 79.9. The molecule has 1 saturated carbocycles. The Kier molecular flexibility index (Phi) is 4.21. The van der Waals surface area contributed by atoms with E-state index in [0.29, 0.717) is 5.92 Å². The molecule has 0 radical (unpaired) electrons. The first-order valence-electron chi connectivity index (χ1n) is 6.28. The van der Waals surface area contributed by atoms with Crippen molar-refractivity contribution in [2.75, 3.05) is 0 Å². The van der Waals surface area contributed by atoms with Gasteiger partial charge < -0.3 is 5.73 Å². The van der Waals surface area contributed by atoms with Crippen molar-refractivity contribution in [1.82, 2.24) is 0 Å². The fourth-order valence-corrected chi connectivity index (χ4v) is 3.29. The number of rotatable bonds is 2. The highest BCUT2D eigenvalue weighted by Gasteiger charge is 2.25. The molecule has 0 aromatic heterocycles. The van der Waals surface area contributed by atoms with Crippen LogP contribution in [0.2, 0.25) is 0 Å². The number of halogens is 2. The maximum absolute atomic E-state index is 13.0. The number of nitrogens with two attached hydrogens (primary N) is 1. The summed E-state index contributed by atoms with van der Waals surface area (Å²) in [6.07, 6.45) is 4.90. The zero-order chi connectivity index (χ0) is 12.4. The minimum Gasteiger partial charge on any atom is -0.324 e. The summed E-state index contributed by atoms with van der Waals surface area (Å²) in [7, 11) is 0. The first-order chi connectivity index (χ1) is 8.08. The molecule has 1 atom stereocenters. The molecule has 3 heteroatoms. The Labute approximate surface area is 111 Å². The third-order valence-electron chi connectivity index (χ3n) is 3.89. The fraction of sp³-hybridized carbons (Fsp3) is 0.571. The minimum absolute atomic E-state index is 0.0254. The molecule has 0 heterocycles. The van der Waals surface area contributed by atoms with Gasteiger partial charge in [-0.05, 0) is 42.4 Å². The van der Waals surface area contributed by atoms with Crippen LogP contribution >= 0.6 is 15.9 Å². The van der Waals surface area contributed by atoms with E-state index in [2.05, 4.69) is 22.9 Å². The largest absolute Gasteiger partial charge is 0.324 e. The summed E-state index contributed by atoms with van der Waals surface area (Å²) in [4.78, 5) is 0. The summed E-state index contributed by atoms with van der Waals surface area (Å²) in [5.41, 5.74) is 7.35. The Balaban J connectivity index is 2.11. The standard InChI is InChI=1S/C14H19BrFN/c1-9-2-4-10(5-3-9)14(17)12-7-6-11(16)8-13(12)15/h6-10,14H,2-5,17H2,1H3. The van der Waals surface area contributed by atoms with Gasteiger partial charge in [0.2, 0.25) is 0 Å². The first-order valence-corrected chi connectivity index (χ1v) is 7.07. The average Bonchev–Trinajstić information content (AvgIpc) is 2.29. The molecule has 1 aliphatic rings. The van der Waals surface area contributed by atoms with Crippen LogP contribution in [-0.4, -0.2) is 0 Å². The van der Waals surface area contributed by atoms with Gasteiger partial charge >= 0.3 is 0 Å². The van der Waals surface area contributed by atoms with Gasteiger partial charge in [0.05, 0.1) is 0 Å². The van der Waals surface area contributed by atoms with Crippen LogP contribution in [0.3, 0.4) is 0 Å². The average molecular weight is 300 g/mol. The molecular weight excluding hydrogens is 281 g/mol. The second-order valence-electron chi connectivity index (χ2n) is 5.21. The lowest BCUT2D eigenvalue weighted by molar-refractivity contribution is 0.255. The van der Waals surface area contributed by atoms with Gasteiger partial charge in [0, 0.05) is 10.5 Å². The molecule has 17 heavy (non-hydrogen) atoms. The molecule has 0 amide bonds. The van der Waals surface area contributed by atoms with E-state index in [4.69, 9.17) is 5.73 Å². The highest BCUT2D eigenvalue weighted by Crippen LogP contribution is 2.37. The number of hydrogen-bond donors (Lipinski definition) is 1. The summed E-state index contributed by atoms with van der Waals surface area (Å²) in [6.45, 7) is 2.30. The minimum atomic E-state index is -0.218. The van der Waals surface area contributed by atoms with Gasteiger partial charge in [0.1, 0.15) is 5.82 Å². The molecule has 94 valence electrons. The third-order valence-corrected chi connectivity index (χ3v) is 4.58. The van der Waals surface area contributed by atoms with Crippen molar-refractivity contribution in [3.63, 3.8) is 0 Å². The summed E-state index contributed by atoms with van der Waals surface area (Å²) in [5, 5.41) is 0. The molecule has 1 fully saturated rings. The van der Waals surface area contributed by atoms with E-state index < -0.39 is 0 Å². The Hall–Kier alpha value is -0.410. The number of benzene rings is 1. The van der Waals surface area contributed by atoms with Gasteiger partial charge in [0.15, 0.2) is 0 Å². The molecule has 1 aromatic carbocycles. The van der Waals surface area contributed by atoms with E-state index in [0.717, 1.165) is 16.0 Å². The number of hydrogen-bond acceptors (Lipinski definition) is 1. The van der Waals surface area contributed by atoms with E-state index in [1.165, 1.54) is 37.8 Å². The van der Waals surface area contributed by atoms with Crippen molar-refractivity contribution in [3.8, 4) is 0 Å². The van der Waals surface area contributed by atoms with Crippen LogP contribution in [0.15, 0.2) is 22.7 Å². The van der Waals surface area contributed by atoms with E-state index in [9.17, 15) is 4.39 Å². The smallest absolute Gasteiger partial charge is 0.124 e. The van der Waals surface area contributed by atoms with Crippen molar-refractivity contribution in [2.24, 2.45) is 17.6 Å². The molecule has 0 aliphatic heterocycles. The zero-order valence-electron chi connectivity index (χ0n) is 10.1. The monoisotopic (exact) mass is 299 g/mol. The van der Waals surface area contributed by atoms with Gasteiger partial charge in [-0.15, -0.1) is 0 Å². The molecule has 1 nitrogen and oxygen atoms in total. The second-order valence-corrected chi connectivity index (χ2v) is 6.07. The van der Waals surface area contributed by atoms with Crippen LogP contribution in [0.4, 0.5) is 4.39 Å². The van der Waals surface area contributed by atoms with Crippen LogP contribution in [-0.2, 0) is 0 Å². The molecule has 0 spiro atoms. The zero-order valence-corrected chi connectivity index (χ0v) is 11.7.